The molecule has 1 aromatic carbocycles. The van der Waals surface area contributed by atoms with Crippen LogP contribution < -0.4 is 0 Å². The van der Waals surface area contributed by atoms with Crippen molar-refractivity contribution in [1.29, 1.82) is 0 Å². The molecule has 100 valence electrons. The second-order valence-electron chi connectivity index (χ2n) is 4.30. The zero-order chi connectivity index (χ0) is 13.7. The first kappa shape index (κ1) is 13.5. The number of ketones is 1. The lowest BCUT2D eigenvalue weighted by atomic mass is 10.0. The average molecular weight is 258 g/mol. The summed E-state index contributed by atoms with van der Waals surface area (Å²) in [7, 11) is 1.56. The quantitative estimate of drug-likeness (QED) is 0.799. The monoisotopic (exact) mass is 258 g/mol. The molecule has 0 aliphatic rings. The van der Waals surface area contributed by atoms with Crippen LogP contribution in [0.3, 0.4) is 0 Å². The van der Waals surface area contributed by atoms with Crippen LogP contribution in [0.25, 0.3) is 0 Å². The van der Waals surface area contributed by atoms with Gasteiger partial charge in [0.05, 0.1) is 6.42 Å². The number of benzene rings is 1. The molecule has 0 radical (unpaired) electrons. The Hall–Kier alpha value is -1.94. The maximum absolute atomic E-state index is 12.3. The average Bonchev–Trinajstić information content (AvgIpc) is 2.88. The molecule has 1 atom stereocenters. The summed E-state index contributed by atoms with van der Waals surface area (Å²) < 4.78 is 7.30. The number of aryl methyl sites for hydroxylation is 1. The van der Waals surface area contributed by atoms with Gasteiger partial charge in [0.15, 0.2) is 5.78 Å². The summed E-state index contributed by atoms with van der Waals surface area (Å²) in [5.74, 6) is 0.806. The molecule has 2 rings (SSSR count). The Morgan fingerprint density at radius 1 is 1.37 bits per heavy atom. The van der Waals surface area contributed by atoms with Crippen molar-refractivity contribution in [3.63, 3.8) is 0 Å². The van der Waals surface area contributed by atoms with E-state index in [4.69, 9.17) is 4.74 Å². The van der Waals surface area contributed by atoms with E-state index in [1.807, 2.05) is 48.0 Å². The third-order valence-corrected chi connectivity index (χ3v) is 3.11. The minimum Gasteiger partial charge on any atom is -0.369 e. The summed E-state index contributed by atoms with van der Waals surface area (Å²) in [5, 5.41) is 0. The number of hydrogen-bond acceptors (Lipinski definition) is 3. The molecule has 0 saturated carbocycles. The highest BCUT2D eigenvalue weighted by molar-refractivity contribution is 5.85. The molecular formula is C15H18N2O2. The molecule has 0 spiro atoms. The zero-order valence-electron chi connectivity index (χ0n) is 11.2. The molecule has 1 aromatic heterocycles. The van der Waals surface area contributed by atoms with E-state index in [-0.39, 0.29) is 12.2 Å². The van der Waals surface area contributed by atoms with Gasteiger partial charge in [-0.1, -0.05) is 30.3 Å². The molecule has 0 aliphatic carbocycles. The molecule has 0 aliphatic heterocycles. The Bertz CT molecular complexity index is 534. The van der Waals surface area contributed by atoms with Gasteiger partial charge in [-0.25, -0.2) is 4.98 Å². The van der Waals surface area contributed by atoms with E-state index in [0.29, 0.717) is 0 Å². The van der Waals surface area contributed by atoms with E-state index in [1.165, 1.54) is 0 Å². The summed E-state index contributed by atoms with van der Waals surface area (Å²) in [6, 6.07) is 9.53. The van der Waals surface area contributed by atoms with Crippen molar-refractivity contribution in [2.24, 2.45) is 0 Å². The molecule has 0 bridgehead atoms. The molecule has 0 amide bonds. The van der Waals surface area contributed by atoms with E-state index in [9.17, 15) is 4.79 Å². The fourth-order valence-electron chi connectivity index (χ4n) is 2.12. The Morgan fingerprint density at radius 3 is 2.74 bits per heavy atom. The second-order valence-corrected chi connectivity index (χ2v) is 4.30. The lowest BCUT2D eigenvalue weighted by molar-refractivity contribution is -0.128. The summed E-state index contributed by atoms with van der Waals surface area (Å²) >= 11 is 0. The van der Waals surface area contributed by atoms with E-state index >= 15 is 0 Å². The van der Waals surface area contributed by atoms with Crippen LogP contribution in [0.1, 0.15) is 24.4 Å². The Balaban J connectivity index is 2.14. The predicted molar refractivity (Wildman–Crippen MR) is 72.8 cm³/mol. The van der Waals surface area contributed by atoms with Crippen LogP contribution in [0.4, 0.5) is 0 Å². The SMILES string of the molecule is CCn1ccnc1CC(=O)C(OC)c1ccccc1. The van der Waals surface area contributed by atoms with Gasteiger partial charge in [-0.3, -0.25) is 4.79 Å². The van der Waals surface area contributed by atoms with E-state index in [2.05, 4.69) is 4.98 Å². The van der Waals surface area contributed by atoms with Gasteiger partial charge in [-0.15, -0.1) is 0 Å². The molecule has 0 saturated heterocycles. The highest BCUT2D eigenvalue weighted by Gasteiger charge is 2.21. The number of ether oxygens (including phenoxy) is 1. The number of rotatable bonds is 6. The van der Waals surface area contributed by atoms with Gasteiger partial charge < -0.3 is 9.30 Å². The molecule has 1 unspecified atom stereocenters. The van der Waals surface area contributed by atoms with Crippen LogP contribution in [0, 0.1) is 0 Å². The Morgan fingerprint density at radius 2 is 2.11 bits per heavy atom. The van der Waals surface area contributed by atoms with Crippen molar-refractivity contribution < 1.29 is 9.53 Å². The number of imidazole rings is 1. The minimum atomic E-state index is -0.525. The highest BCUT2D eigenvalue weighted by atomic mass is 16.5. The van der Waals surface area contributed by atoms with Crippen LogP contribution in [0.2, 0.25) is 0 Å². The smallest absolute Gasteiger partial charge is 0.173 e. The molecule has 4 heteroatoms. The molecule has 0 fully saturated rings. The summed E-state index contributed by atoms with van der Waals surface area (Å²) in [6.45, 7) is 2.84. The van der Waals surface area contributed by atoms with Crippen LogP contribution in [0.5, 0.6) is 0 Å². The van der Waals surface area contributed by atoms with Gasteiger partial charge >= 0.3 is 0 Å². The van der Waals surface area contributed by atoms with Gasteiger partial charge in [0.1, 0.15) is 11.9 Å². The number of carbonyl (C=O) groups is 1. The van der Waals surface area contributed by atoms with Crippen molar-refractivity contribution in [2.75, 3.05) is 7.11 Å². The fraction of sp³-hybridized carbons (Fsp3) is 0.333. The van der Waals surface area contributed by atoms with Crippen molar-refractivity contribution in [1.82, 2.24) is 9.55 Å². The van der Waals surface area contributed by atoms with Crippen molar-refractivity contribution in [3.8, 4) is 0 Å². The largest absolute Gasteiger partial charge is 0.369 e. The van der Waals surface area contributed by atoms with E-state index in [1.54, 1.807) is 13.3 Å². The topological polar surface area (TPSA) is 44.1 Å². The van der Waals surface area contributed by atoms with Gasteiger partial charge in [-0.2, -0.15) is 0 Å². The van der Waals surface area contributed by atoms with Crippen LogP contribution in [0.15, 0.2) is 42.7 Å². The maximum atomic E-state index is 12.3. The van der Waals surface area contributed by atoms with E-state index < -0.39 is 6.10 Å². The molecular weight excluding hydrogens is 240 g/mol. The first-order chi connectivity index (χ1) is 9.26. The summed E-state index contributed by atoms with van der Waals surface area (Å²) in [6.07, 6.45) is 3.36. The van der Waals surface area contributed by atoms with Crippen molar-refractivity contribution >= 4 is 5.78 Å². The summed E-state index contributed by atoms with van der Waals surface area (Å²) in [5.41, 5.74) is 0.879. The Labute approximate surface area is 113 Å². The first-order valence-corrected chi connectivity index (χ1v) is 6.36. The highest BCUT2D eigenvalue weighted by Crippen LogP contribution is 2.19. The minimum absolute atomic E-state index is 0.0228. The Kier molecular flexibility index (Phi) is 4.47. The normalized spacial score (nSPS) is 12.3. The van der Waals surface area contributed by atoms with Crippen LogP contribution in [-0.2, 0) is 22.5 Å². The zero-order valence-corrected chi connectivity index (χ0v) is 11.2. The summed E-state index contributed by atoms with van der Waals surface area (Å²) in [4.78, 5) is 16.6. The lowest BCUT2D eigenvalue weighted by Crippen LogP contribution is -2.19. The third-order valence-electron chi connectivity index (χ3n) is 3.11. The van der Waals surface area contributed by atoms with E-state index in [0.717, 1.165) is 17.9 Å². The van der Waals surface area contributed by atoms with Crippen molar-refractivity contribution in [2.45, 2.75) is 26.0 Å². The number of aromatic nitrogens is 2. The molecule has 1 heterocycles. The van der Waals surface area contributed by atoms with Crippen LogP contribution in [-0.4, -0.2) is 22.4 Å². The fourth-order valence-corrected chi connectivity index (χ4v) is 2.12. The van der Waals surface area contributed by atoms with Gasteiger partial charge in [0, 0.05) is 26.0 Å². The molecule has 0 N–H and O–H groups in total. The number of hydrogen-bond donors (Lipinski definition) is 0. The number of methoxy groups -OCH3 is 1. The number of Topliss-reactive ketones (excluding diaryl/α,β-unsaturated/α-hetero) is 1. The first-order valence-electron chi connectivity index (χ1n) is 6.36. The van der Waals surface area contributed by atoms with Crippen LogP contribution >= 0.6 is 0 Å². The molecule has 4 nitrogen and oxygen atoms in total. The number of carbonyl (C=O) groups excluding carboxylic acids is 1. The van der Waals surface area contributed by atoms with Gasteiger partial charge in [-0.05, 0) is 12.5 Å². The molecule has 19 heavy (non-hydrogen) atoms. The lowest BCUT2D eigenvalue weighted by Gasteiger charge is -2.14. The van der Waals surface area contributed by atoms with Crippen molar-refractivity contribution in [3.05, 3.63) is 54.1 Å². The van der Waals surface area contributed by atoms with Gasteiger partial charge in [0.25, 0.3) is 0 Å². The maximum Gasteiger partial charge on any atom is 0.173 e. The van der Waals surface area contributed by atoms with Gasteiger partial charge in [0.2, 0.25) is 0 Å². The predicted octanol–water partition coefficient (Wildman–Crippen LogP) is 2.40. The number of nitrogens with zero attached hydrogens (tertiary/aromatic N) is 2. The second kappa shape index (κ2) is 6.29. The molecule has 2 aromatic rings. The standard InChI is InChI=1S/C15H18N2O2/c1-3-17-10-9-16-14(17)11-13(18)15(19-2)12-7-5-4-6-8-12/h4-10,15H,3,11H2,1-2H3. The third kappa shape index (κ3) is 3.09.